The summed E-state index contributed by atoms with van der Waals surface area (Å²) in [6.07, 6.45) is 2.33. The zero-order valence-electron chi connectivity index (χ0n) is 16.1. The van der Waals surface area contributed by atoms with Gasteiger partial charge in [-0.15, -0.1) is 0 Å². The van der Waals surface area contributed by atoms with Gasteiger partial charge in [-0.25, -0.2) is 0 Å². The second kappa shape index (κ2) is 8.44. The van der Waals surface area contributed by atoms with Gasteiger partial charge in [0.2, 0.25) is 0 Å². The van der Waals surface area contributed by atoms with Crippen molar-refractivity contribution >= 4 is 16.7 Å². The molecule has 0 aliphatic carbocycles. The maximum Gasteiger partial charge on any atom is 0.251 e. The molecule has 1 N–H and O–H groups in total. The van der Waals surface area contributed by atoms with Gasteiger partial charge in [-0.1, -0.05) is 42.5 Å². The van der Waals surface area contributed by atoms with Crippen molar-refractivity contribution in [3.05, 3.63) is 77.9 Å². The first kappa shape index (κ1) is 18.5. The Bertz CT molecular complexity index is 940. The SMILES string of the molecule is C[C@@H](NC(=O)c1ccc(OC[C@H]2CCCO2)cc1)c1cccc2ccccc12. The number of carbonyl (C=O) groups is 1. The van der Waals surface area contributed by atoms with E-state index in [0.717, 1.165) is 36.1 Å². The van der Waals surface area contributed by atoms with Gasteiger partial charge in [0.15, 0.2) is 0 Å². The molecule has 0 spiro atoms. The van der Waals surface area contributed by atoms with E-state index in [1.807, 2.05) is 37.3 Å². The van der Waals surface area contributed by atoms with Crippen LogP contribution in [0.5, 0.6) is 5.75 Å². The summed E-state index contributed by atoms with van der Waals surface area (Å²) in [7, 11) is 0. The van der Waals surface area contributed by atoms with Gasteiger partial charge < -0.3 is 14.8 Å². The molecule has 144 valence electrons. The zero-order valence-corrected chi connectivity index (χ0v) is 16.1. The Morgan fingerprint density at radius 2 is 1.89 bits per heavy atom. The summed E-state index contributed by atoms with van der Waals surface area (Å²) in [6, 6.07) is 21.6. The van der Waals surface area contributed by atoms with E-state index < -0.39 is 0 Å². The normalized spacial score (nSPS) is 17.4. The Morgan fingerprint density at radius 1 is 1.11 bits per heavy atom. The number of rotatable bonds is 6. The van der Waals surface area contributed by atoms with E-state index in [1.54, 1.807) is 12.1 Å². The van der Waals surface area contributed by atoms with Gasteiger partial charge in [0, 0.05) is 12.2 Å². The van der Waals surface area contributed by atoms with E-state index in [9.17, 15) is 4.79 Å². The van der Waals surface area contributed by atoms with Gasteiger partial charge in [0.25, 0.3) is 5.91 Å². The molecule has 1 fully saturated rings. The first-order valence-corrected chi connectivity index (χ1v) is 9.84. The van der Waals surface area contributed by atoms with Gasteiger partial charge in [-0.2, -0.15) is 0 Å². The van der Waals surface area contributed by atoms with Crippen LogP contribution in [-0.2, 0) is 4.74 Å². The van der Waals surface area contributed by atoms with Gasteiger partial charge in [0.05, 0.1) is 12.1 Å². The van der Waals surface area contributed by atoms with Crippen molar-refractivity contribution in [3.63, 3.8) is 0 Å². The topological polar surface area (TPSA) is 47.6 Å². The van der Waals surface area contributed by atoms with Crippen molar-refractivity contribution in [1.29, 1.82) is 0 Å². The lowest BCUT2D eigenvalue weighted by Gasteiger charge is -2.17. The van der Waals surface area contributed by atoms with Gasteiger partial charge >= 0.3 is 0 Å². The fourth-order valence-electron chi connectivity index (χ4n) is 3.65. The molecule has 3 aromatic carbocycles. The summed E-state index contributed by atoms with van der Waals surface area (Å²) in [5, 5.41) is 5.44. The Hall–Kier alpha value is -2.85. The van der Waals surface area contributed by atoms with E-state index in [2.05, 4.69) is 29.6 Å². The fraction of sp³-hybridized carbons (Fsp3) is 0.292. The molecule has 4 heteroatoms. The van der Waals surface area contributed by atoms with Crippen LogP contribution in [0.1, 0.15) is 41.7 Å². The summed E-state index contributed by atoms with van der Waals surface area (Å²) in [5.74, 6) is 0.667. The summed E-state index contributed by atoms with van der Waals surface area (Å²) in [6.45, 7) is 3.39. The lowest BCUT2D eigenvalue weighted by atomic mass is 9.99. The van der Waals surface area contributed by atoms with E-state index in [4.69, 9.17) is 9.47 Å². The Labute approximate surface area is 165 Å². The van der Waals surface area contributed by atoms with E-state index >= 15 is 0 Å². The standard InChI is InChI=1S/C24H25NO3/c1-17(22-10-4-7-18-6-2-3-9-23(18)22)25-24(26)19-11-13-20(14-12-19)28-16-21-8-5-15-27-21/h2-4,6-7,9-14,17,21H,5,8,15-16H2,1H3,(H,25,26)/t17-,21-/m1/s1. The van der Waals surface area contributed by atoms with E-state index in [1.165, 1.54) is 5.39 Å². The summed E-state index contributed by atoms with van der Waals surface area (Å²) in [5.41, 5.74) is 1.74. The third kappa shape index (κ3) is 4.18. The molecule has 3 aromatic rings. The van der Waals surface area contributed by atoms with Crippen LogP contribution in [0.3, 0.4) is 0 Å². The highest BCUT2D eigenvalue weighted by Crippen LogP contribution is 2.24. The van der Waals surface area contributed by atoms with Crippen LogP contribution in [0.4, 0.5) is 0 Å². The predicted octanol–water partition coefficient (Wildman–Crippen LogP) is 4.89. The predicted molar refractivity (Wildman–Crippen MR) is 111 cm³/mol. The molecule has 1 aliphatic rings. The average Bonchev–Trinajstić information content (AvgIpc) is 3.26. The number of carbonyl (C=O) groups excluding carboxylic acids is 1. The molecule has 1 amide bonds. The largest absolute Gasteiger partial charge is 0.491 e. The molecule has 0 bridgehead atoms. The smallest absolute Gasteiger partial charge is 0.251 e. The third-order valence-corrected chi connectivity index (χ3v) is 5.21. The van der Waals surface area contributed by atoms with E-state index in [0.29, 0.717) is 12.2 Å². The van der Waals surface area contributed by atoms with Crippen LogP contribution in [0.25, 0.3) is 10.8 Å². The number of amides is 1. The summed E-state index contributed by atoms with van der Waals surface area (Å²) < 4.78 is 11.3. The maximum atomic E-state index is 12.7. The second-order valence-corrected chi connectivity index (χ2v) is 7.23. The number of nitrogens with one attached hydrogen (secondary N) is 1. The number of ether oxygens (including phenoxy) is 2. The highest BCUT2D eigenvalue weighted by molar-refractivity contribution is 5.95. The van der Waals surface area contributed by atoms with Crippen LogP contribution in [0.15, 0.2) is 66.7 Å². The van der Waals surface area contributed by atoms with Crippen LogP contribution < -0.4 is 10.1 Å². The van der Waals surface area contributed by atoms with Gasteiger partial charge in [0.1, 0.15) is 12.4 Å². The molecule has 0 unspecified atom stereocenters. The molecule has 2 atom stereocenters. The highest BCUT2D eigenvalue weighted by atomic mass is 16.5. The molecule has 1 heterocycles. The molecule has 4 rings (SSSR count). The Kier molecular flexibility index (Phi) is 5.58. The second-order valence-electron chi connectivity index (χ2n) is 7.23. The van der Waals surface area contributed by atoms with Crippen LogP contribution in [-0.4, -0.2) is 25.2 Å². The third-order valence-electron chi connectivity index (χ3n) is 5.21. The summed E-state index contributed by atoms with van der Waals surface area (Å²) in [4.78, 5) is 12.7. The molecule has 1 saturated heterocycles. The monoisotopic (exact) mass is 375 g/mol. The first-order chi connectivity index (χ1) is 13.7. The molecular formula is C24H25NO3. The minimum absolute atomic E-state index is 0.0889. The average molecular weight is 375 g/mol. The van der Waals surface area contributed by atoms with Gasteiger partial charge in [-0.3, -0.25) is 4.79 Å². The zero-order chi connectivity index (χ0) is 19.3. The van der Waals surface area contributed by atoms with Crippen LogP contribution in [0.2, 0.25) is 0 Å². The van der Waals surface area contributed by atoms with Crippen molar-refractivity contribution < 1.29 is 14.3 Å². The summed E-state index contributed by atoms with van der Waals surface area (Å²) >= 11 is 0. The maximum absolute atomic E-state index is 12.7. The number of benzene rings is 3. The van der Waals surface area contributed by atoms with Crippen molar-refractivity contribution in [2.75, 3.05) is 13.2 Å². The lowest BCUT2D eigenvalue weighted by molar-refractivity contribution is 0.0679. The van der Waals surface area contributed by atoms with Crippen molar-refractivity contribution in [3.8, 4) is 5.75 Å². The number of fused-ring (bicyclic) bond motifs is 1. The van der Waals surface area contributed by atoms with Crippen molar-refractivity contribution in [2.45, 2.75) is 31.9 Å². The van der Waals surface area contributed by atoms with Crippen molar-refractivity contribution in [2.24, 2.45) is 0 Å². The van der Waals surface area contributed by atoms with Crippen molar-refractivity contribution in [1.82, 2.24) is 5.32 Å². The van der Waals surface area contributed by atoms with Gasteiger partial charge in [-0.05, 0) is 60.4 Å². The highest BCUT2D eigenvalue weighted by Gasteiger charge is 2.16. The number of hydrogen-bond acceptors (Lipinski definition) is 3. The molecule has 0 radical (unpaired) electrons. The lowest BCUT2D eigenvalue weighted by Crippen LogP contribution is -2.26. The Morgan fingerprint density at radius 3 is 2.68 bits per heavy atom. The first-order valence-electron chi connectivity index (χ1n) is 9.84. The quantitative estimate of drug-likeness (QED) is 0.667. The Balaban J connectivity index is 1.40. The number of hydrogen-bond donors (Lipinski definition) is 1. The van der Waals surface area contributed by atoms with Crippen LogP contribution >= 0.6 is 0 Å². The molecule has 0 saturated carbocycles. The molecule has 0 aromatic heterocycles. The van der Waals surface area contributed by atoms with E-state index in [-0.39, 0.29) is 18.1 Å². The molecular weight excluding hydrogens is 350 g/mol. The minimum atomic E-state index is -0.0916. The molecule has 28 heavy (non-hydrogen) atoms. The fourth-order valence-corrected chi connectivity index (χ4v) is 3.65. The molecule has 1 aliphatic heterocycles. The molecule has 4 nitrogen and oxygen atoms in total. The van der Waals surface area contributed by atoms with Crippen LogP contribution in [0, 0.1) is 0 Å². The minimum Gasteiger partial charge on any atom is -0.491 e.